The average Bonchev–Trinajstić information content (AvgIpc) is 3.36. The van der Waals surface area contributed by atoms with Gasteiger partial charge in [-0.15, -0.1) is 10.2 Å². The molecule has 0 fully saturated rings. The zero-order chi connectivity index (χ0) is 19.3. The van der Waals surface area contributed by atoms with Crippen molar-refractivity contribution in [2.24, 2.45) is 0 Å². The van der Waals surface area contributed by atoms with E-state index in [0.717, 1.165) is 22.7 Å². The Kier molecular flexibility index (Phi) is 5.20. The van der Waals surface area contributed by atoms with E-state index in [1.165, 1.54) is 18.7 Å². The fourth-order valence-corrected chi connectivity index (χ4v) is 3.46. The van der Waals surface area contributed by atoms with Crippen LogP contribution in [0.4, 0.5) is 5.69 Å². The second-order valence-electron chi connectivity index (χ2n) is 5.99. The number of carbonyl (C=O) groups excluding carboxylic acids is 1. The highest BCUT2D eigenvalue weighted by atomic mass is 32.2. The van der Waals surface area contributed by atoms with E-state index in [1.54, 1.807) is 12.5 Å². The Hall–Kier alpha value is -3.39. The van der Waals surface area contributed by atoms with E-state index in [0.29, 0.717) is 16.8 Å². The van der Waals surface area contributed by atoms with Gasteiger partial charge in [-0.1, -0.05) is 48.2 Å². The minimum Gasteiger partial charge on any atom is -0.440 e. The number of carbonyl (C=O) groups is 1. The Balaban J connectivity index is 1.48. The first-order chi connectivity index (χ1) is 13.7. The lowest BCUT2D eigenvalue weighted by Gasteiger charge is -2.08. The maximum atomic E-state index is 11.3. The zero-order valence-corrected chi connectivity index (χ0v) is 15.9. The quantitative estimate of drug-likeness (QED) is 0.497. The minimum atomic E-state index is -0.117. The third-order valence-corrected chi connectivity index (χ3v) is 4.83. The molecule has 0 unspecified atom stereocenters. The van der Waals surface area contributed by atoms with Gasteiger partial charge in [0.1, 0.15) is 6.33 Å². The predicted octanol–water partition coefficient (Wildman–Crippen LogP) is 4.17. The smallest absolute Gasteiger partial charge is 0.221 e. The topological polar surface area (TPSA) is 85.8 Å². The lowest BCUT2D eigenvalue weighted by Crippen LogP contribution is -2.06. The Labute approximate surface area is 165 Å². The summed E-state index contributed by atoms with van der Waals surface area (Å²) in [5.41, 5.74) is 2.56. The number of aromatic nitrogens is 4. The van der Waals surface area contributed by atoms with Gasteiger partial charge in [-0.25, -0.2) is 4.98 Å². The first-order valence-electron chi connectivity index (χ1n) is 8.60. The molecular weight excluding hydrogens is 374 g/mol. The number of rotatable bonds is 6. The molecule has 1 N–H and O–H groups in total. The van der Waals surface area contributed by atoms with Crippen molar-refractivity contribution >= 4 is 23.4 Å². The molecule has 0 radical (unpaired) electrons. The Morgan fingerprint density at radius 3 is 2.86 bits per heavy atom. The number of oxazole rings is 1. The van der Waals surface area contributed by atoms with Gasteiger partial charge >= 0.3 is 0 Å². The largest absolute Gasteiger partial charge is 0.440 e. The van der Waals surface area contributed by atoms with Gasteiger partial charge in [0, 0.05) is 18.2 Å². The number of nitrogens with one attached hydrogen (secondary N) is 1. The summed E-state index contributed by atoms with van der Waals surface area (Å²) in [5, 5.41) is 11.7. The molecule has 0 bridgehead atoms. The lowest BCUT2D eigenvalue weighted by molar-refractivity contribution is -0.114. The van der Waals surface area contributed by atoms with E-state index in [-0.39, 0.29) is 5.91 Å². The third kappa shape index (κ3) is 4.12. The van der Waals surface area contributed by atoms with E-state index >= 15 is 0 Å². The normalized spacial score (nSPS) is 10.8. The van der Waals surface area contributed by atoms with E-state index < -0.39 is 0 Å². The molecule has 2 aromatic heterocycles. The molecule has 0 aliphatic heterocycles. The van der Waals surface area contributed by atoms with Gasteiger partial charge in [-0.2, -0.15) is 0 Å². The molecule has 0 saturated carbocycles. The molecule has 1 amide bonds. The molecular formula is C20H17N5O2S. The summed E-state index contributed by atoms with van der Waals surface area (Å²) in [6.45, 7) is 1.48. The van der Waals surface area contributed by atoms with E-state index in [9.17, 15) is 4.79 Å². The highest BCUT2D eigenvalue weighted by Crippen LogP contribution is 2.26. The molecule has 28 heavy (non-hydrogen) atoms. The molecule has 0 saturated heterocycles. The number of benzene rings is 2. The van der Waals surface area contributed by atoms with Crippen molar-refractivity contribution in [1.29, 1.82) is 0 Å². The van der Waals surface area contributed by atoms with Crippen molar-refractivity contribution in [3.8, 4) is 17.0 Å². The number of thioether (sulfide) groups is 1. The van der Waals surface area contributed by atoms with Crippen LogP contribution in [-0.2, 0) is 10.5 Å². The van der Waals surface area contributed by atoms with Crippen LogP contribution in [0.3, 0.4) is 0 Å². The highest BCUT2D eigenvalue weighted by molar-refractivity contribution is 7.98. The lowest BCUT2D eigenvalue weighted by atomic mass is 10.2. The second-order valence-corrected chi connectivity index (χ2v) is 6.93. The summed E-state index contributed by atoms with van der Waals surface area (Å²) >= 11 is 1.48. The number of hydrogen-bond donors (Lipinski definition) is 1. The molecule has 2 heterocycles. The summed E-state index contributed by atoms with van der Waals surface area (Å²) in [6, 6.07) is 17.4. The average molecular weight is 391 g/mol. The van der Waals surface area contributed by atoms with Gasteiger partial charge in [-0.3, -0.25) is 9.36 Å². The van der Waals surface area contributed by atoms with Crippen molar-refractivity contribution in [2.75, 3.05) is 5.32 Å². The van der Waals surface area contributed by atoms with Gasteiger partial charge in [0.2, 0.25) is 11.8 Å². The van der Waals surface area contributed by atoms with Crippen LogP contribution in [0.5, 0.6) is 0 Å². The zero-order valence-electron chi connectivity index (χ0n) is 15.1. The van der Waals surface area contributed by atoms with Gasteiger partial charge in [0.15, 0.2) is 10.9 Å². The standard InChI is InChI=1S/C20H17N5O2S/c1-14(26)23-16-8-5-9-17(10-16)25-13-22-24-20(25)28-12-19-21-11-18(27-19)15-6-3-2-4-7-15/h2-11,13H,12H2,1H3,(H,23,26). The Morgan fingerprint density at radius 2 is 2.04 bits per heavy atom. The minimum absolute atomic E-state index is 0.117. The van der Waals surface area contributed by atoms with Gasteiger partial charge < -0.3 is 9.73 Å². The summed E-state index contributed by atoms with van der Waals surface area (Å²) in [4.78, 5) is 15.6. The molecule has 0 atom stereocenters. The maximum Gasteiger partial charge on any atom is 0.221 e. The fraction of sp³-hybridized carbons (Fsp3) is 0.100. The van der Waals surface area contributed by atoms with E-state index in [2.05, 4.69) is 20.5 Å². The molecule has 0 aliphatic carbocycles. The molecule has 0 aliphatic rings. The molecule has 140 valence electrons. The SMILES string of the molecule is CC(=O)Nc1cccc(-n2cnnc2SCc2ncc(-c3ccccc3)o2)c1. The van der Waals surface area contributed by atoms with Crippen LogP contribution in [0.25, 0.3) is 17.0 Å². The number of nitrogens with zero attached hydrogens (tertiary/aromatic N) is 4. The van der Waals surface area contributed by atoms with E-state index in [1.807, 2.05) is 59.2 Å². The van der Waals surface area contributed by atoms with Crippen LogP contribution in [0.1, 0.15) is 12.8 Å². The van der Waals surface area contributed by atoms with Crippen LogP contribution >= 0.6 is 11.8 Å². The fourth-order valence-electron chi connectivity index (χ4n) is 2.68. The Morgan fingerprint density at radius 1 is 1.18 bits per heavy atom. The molecule has 4 aromatic rings. The van der Waals surface area contributed by atoms with Gasteiger partial charge in [0.25, 0.3) is 0 Å². The molecule has 2 aromatic carbocycles. The van der Waals surface area contributed by atoms with Crippen LogP contribution in [0.2, 0.25) is 0 Å². The maximum absolute atomic E-state index is 11.3. The van der Waals surface area contributed by atoms with Crippen molar-refractivity contribution in [2.45, 2.75) is 17.8 Å². The second kappa shape index (κ2) is 8.10. The molecule has 0 spiro atoms. The van der Waals surface area contributed by atoms with Crippen LogP contribution in [0, 0.1) is 0 Å². The van der Waals surface area contributed by atoms with Crippen molar-refractivity contribution in [3.63, 3.8) is 0 Å². The van der Waals surface area contributed by atoms with Crippen LogP contribution in [0.15, 0.2) is 76.7 Å². The predicted molar refractivity (Wildman–Crippen MR) is 107 cm³/mol. The van der Waals surface area contributed by atoms with Crippen LogP contribution in [-0.4, -0.2) is 25.7 Å². The first-order valence-corrected chi connectivity index (χ1v) is 9.58. The summed E-state index contributed by atoms with van der Waals surface area (Å²) in [7, 11) is 0. The van der Waals surface area contributed by atoms with Gasteiger partial charge in [0.05, 0.1) is 17.6 Å². The summed E-state index contributed by atoms with van der Waals surface area (Å²) in [5.74, 6) is 1.76. The van der Waals surface area contributed by atoms with Crippen molar-refractivity contribution in [3.05, 3.63) is 73.0 Å². The highest BCUT2D eigenvalue weighted by Gasteiger charge is 2.11. The van der Waals surface area contributed by atoms with Crippen molar-refractivity contribution < 1.29 is 9.21 Å². The number of hydrogen-bond acceptors (Lipinski definition) is 6. The summed E-state index contributed by atoms with van der Waals surface area (Å²) < 4.78 is 7.70. The Bertz CT molecular complexity index is 1090. The molecule has 8 heteroatoms. The molecule has 4 rings (SSSR count). The van der Waals surface area contributed by atoms with Crippen molar-refractivity contribution in [1.82, 2.24) is 19.7 Å². The first kappa shape index (κ1) is 18.0. The monoisotopic (exact) mass is 391 g/mol. The molecule has 7 nitrogen and oxygen atoms in total. The third-order valence-electron chi connectivity index (χ3n) is 3.90. The number of anilines is 1. The van der Waals surface area contributed by atoms with Gasteiger partial charge in [-0.05, 0) is 18.2 Å². The van der Waals surface area contributed by atoms with Crippen LogP contribution < -0.4 is 5.32 Å². The van der Waals surface area contributed by atoms with E-state index in [4.69, 9.17) is 4.42 Å². The number of amides is 1. The summed E-state index contributed by atoms with van der Waals surface area (Å²) in [6.07, 6.45) is 3.37.